The molecule has 3 aromatic rings. The van der Waals surface area contributed by atoms with Gasteiger partial charge in [-0.2, -0.15) is 0 Å². The molecule has 3 heterocycles. The van der Waals surface area contributed by atoms with Crippen LogP contribution in [0, 0.1) is 0 Å². The Morgan fingerprint density at radius 2 is 2.00 bits per heavy atom. The zero-order chi connectivity index (χ0) is 15.5. The molecule has 0 spiro atoms. The Balaban J connectivity index is 1.95. The number of carbonyl (C=O) groups excluding carboxylic acids is 2. The fourth-order valence-corrected chi connectivity index (χ4v) is 2.73. The van der Waals surface area contributed by atoms with Crippen LogP contribution in [0.25, 0.3) is 10.6 Å². The van der Waals surface area contributed by atoms with Crippen LogP contribution < -0.4 is 11.1 Å². The summed E-state index contributed by atoms with van der Waals surface area (Å²) in [5.74, 6) is -1.06. The summed E-state index contributed by atoms with van der Waals surface area (Å²) in [5.41, 5.74) is 6.11. The van der Waals surface area contributed by atoms with Gasteiger partial charge in [-0.25, -0.2) is 4.98 Å². The molecule has 0 aliphatic carbocycles. The number of anilines is 1. The topological polar surface area (TPSA) is 111 Å². The number of hydrogen-bond donors (Lipinski definition) is 2. The first kappa shape index (κ1) is 14.0. The number of rotatable bonds is 4. The summed E-state index contributed by atoms with van der Waals surface area (Å²) in [7, 11) is 0. The van der Waals surface area contributed by atoms with Crippen molar-refractivity contribution in [3.8, 4) is 10.6 Å². The van der Waals surface area contributed by atoms with Crippen molar-refractivity contribution in [3.05, 3.63) is 54.4 Å². The Morgan fingerprint density at radius 3 is 2.64 bits per heavy atom. The van der Waals surface area contributed by atoms with Crippen molar-refractivity contribution in [3.63, 3.8) is 0 Å². The van der Waals surface area contributed by atoms with Crippen molar-refractivity contribution in [2.75, 3.05) is 5.32 Å². The van der Waals surface area contributed by atoms with Crippen LogP contribution in [0.3, 0.4) is 0 Å². The molecule has 8 heteroatoms. The zero-order valence-electron chi connectivity index (χ0n) is 11.1. The highest BCUT2D eigenvalue weighted by molar-refractivity contribution is 7.19. The maximum absolute atomic E-state index is 12.0. The van der Waals surface area contributed by atoms with E-state index in [-0.39, 0.29) is 16.5 Å². The summed E-state index contributed by atoms with van der Waals surface area (Å²) in [6.07, 6.45) is 4.61. The van der Waals surface area contributed by atoms with Crippen molar-refractivity contribution in [2.45, 2.75) is 0 Å². The maximum atomic E-state index is 12.0. The minimum Gasteiger partial charge on any atom is -0.459 e. The van der Waals surface area contributed by atoms with E-state index in [0.29, 0.717) is 5.01 Å². The first-order chi connectivity index (χ1) is 10.6. The third kappa shape index (κ3) is 2.72. The van der Waals surface area contributed by atoms with Crippen LogP contribution in [0.1, 0.15) is 21.0 Å². The molecule has 110 valence electrons. The van der Waals surface area contributed by atoms with Gasteiger partial charge in [0.05, 0.1) is 6.26 Å². The molecular formula is C14H10N4O3S. The van der Waals surface area contributed by atoms with Gasteiger partial charge in [-0.05, 0) is 24.3 Å². The van der Waals surface area contributed by atoms with Crippen molar-refractivity contribution in [1.29, 1.82) is 0 Å². The Bertz CT molecular complexity index is 812. The minimum absolute atomic E-state index is 0.0109. The van der Waals surface area contributed by atoms with Gasteiger partial charge in [0.25, 0.3) is 11.8 Å². The van der Waals surface area contributed by atoms with E-state index in [1.165, 1.54) is 12.3 Å². The summed E-state index contributed by atoms with van der Waals surface area (Å²) in [4.78, 5) is 31.6. The van der Waals surface area contributed by atoms with Gasteiger partial charge in [0.15, 0.2) is 11.5 Å². The number of thiazole rings is 1. The lowest BCUT2D eigenvalue weighted by Crippen LogP contribution is -2.17. The number of nitrogens with two attached hydrogens (primary N) is 1. The number of furan rings is 1. The Kier molecular flexibility index (Phi) is 3.67. The summed E-state index contributed by atoms with van der Waals surface area (Å²) in [6, 6.07) is 6.62. The first-order valence-electron chi connectivity index (χ1n) is 6.21. The van der Waals surface area contributed by atoms with Crippen LogP contribution in [0.5, 0.6) is 0 Å². The van der Waals surface area contributed by atoms with E-state index in [2.05, 4.69) is 15.3 Å². The fourth-order valence-electron chi connectivity index (χ4n) is 1.76. The van der Waals surface area contributed by atoms with Crippen LogP contribution in [0.4, 0.5) is 5.00 Å². The molecule has 0 unspecified atom stereocenters. The average Bonchev–Trinajstić information content (AvgIpc) is 3.17. The highest BCUT2D eigenvalue weighted by Crippen LogP contribution is 2.32. The SMILES string of the molecule is NC(=O)c1nc(-c2ccncc2)sc1NC(=O)c1ccco1. The largest absolute Gasteiger partial charge is 0.459 e. The predicted octanol–water partition coefficient (Wildman–Crippen LogP) is 2.15. The molecule has 0 aliphatic rings. The van der Waals surface area contributed by atoms with Gasteiger partial charge in [0, 0.05) is 18.0 Å². The van der Waals surface area contributed by atoms with Crippen LogP contribution in [0.15, 0.2) is 47.3 Å². The Morgan fingerprint density at radius 1 is 1.23 bits per heavy atom. The molecule has 0 saturated heterocycles. The second-order valence-electron chi connectivity index (χ2n) is 4.23. The van der Waals surface area contributed by atoms with Crippen LogP contribution >= 0.6 is 11.3 Å². The van der Waals surface area contributed by atoms with Crippen LogP contribution in [0.2, 0.25) is 0 Å². The lowest BCUT2D eigenvalue weighted by Gasteiger charge is -2.00. The molecule has 3 aromatic heterocycles. The quantitative estimate of drug-likeness (QED) is 0.766. The van der Waals surface area contributed by atoms with Crippen molar-refractivity contribution >= 4 is 28.2 Å². The summed E-state index contributed by atoms with van der Waals surface area (Å²) in [5, 5.41) is 3.43. The second-order valence-corrected chi connectivity index (χ2v) is 5.23. The molecule has 3 rings (SSSR count). The van der Waals surface area contributed by atoms with Gasteiger partial charge in [-0.1, -0.05) is 11.3 Å². The molecule has 22 heavy (non-hydrogen) atoms. The molecule has 0 bridgehead atoms. The molecule has 0 radical (unpaired) electrons. The van der Waals surface area contributed by atoms with E-state index in [9.17, 15) is 9.59 Å². The molecule has 0 aliphatic heterocycles. The number of carbonyl (C=O) groups is 2. The number of primary amides is 1. The molecular weight excluding hydrogens is 304 g/mol. The van der Waals surface area contributed by atoms with Crippen LogP contribution in [-0.4, -0.2) is 21.8 Å². The van der Waals surface area contributed by atoms with Crippen molar-refractivity contribution < 1.29 is 14.0 Å². The van der Waals surface area contributed by atoms with Gasteiger partial charge < -0.3 is 15.5 Å². The maximum Gasteiger partial charge on any atom is 0.292 e. The number of aromatic nitrogens is 2. The molecule has 3 N–H and O–H groups in total. The van der Waals surface area contributed by atoms with Gasteiger partial charge in [-0.3, -0.25) is 14.6 Å². The molecule has 0 aromatic carbocycles. The number of nitrogens with one attached hydrogen (secondary N) is 1. The molecule has 0 atom stereocenters. The Labute approximate surface area is 128 Å². The number of amides is 2. The van der Waals surface area contributed by atoms with Crippen LogP contribution in [-0.2, 0) is 0 Å². The van der Waals surface area contributed by atoms with Gasteiger partial charge in [-0.15, -0.1) is 0 Å². The number of pyridine rings is 1. The smallest absolute Gasteiger partial charge is 0.292 e. The Hall–Kier alpha value is -3.00. The minimum atomic E-state index is -0.716. The van der Waals surface area contributed by atoms with Gasteiger partial charge in [0.2, 0.25) is 0 Å². The number of hydrogen-bond acceptors (Lipinski definition) is 6. The first-order valence-corrected chi connectivity index (χ1v) is 7.02. The van der Waals surface area contributed by atoms with E-state index >= 15 is 0 Å². The fraction of sp³-hybridized carbons (Fsp3) is 0. The summed E-state index contributed by atoms with van der Waals surface area (Å²) >= 11 is 1.15. The van der Waals surface area contributed by atoms with Gasteiger partial charge >= 0.3 is 0 Å². The third-order valence-corrected chi connectivity index (χ3v) is 3.78. The molecule has 0 fully saturated rings. The van der Waals surface area contributed by atoms with Gasteiger partial charge in [0.1, 0.15) is 10.0 Å². The molecule has 7 nitrogen and oxygen atoms in total. The normalized spacial score (nSPS) is 10.4. The zero-order valence-corrected chi connectivity index (χ0v) is 12.0. The summed E-state index contributed by atoms with van der Waals surface area (Å²) < 4.78 is 5.01. The average molecular weight is 314 g/mol. The van der Waals surface area contributed by atoms with E-state index in [1.807, 2.05) is 0 Å². The third-order valence-electron chi connectivity index (χ3n) is 2.76. The lowest BCUT2D eigenvalue weighted by molar-refractivity contribution is 0.0997. The van der Waals surface area contributed by atoms with E-state index < -0.39 is 11.8 Å². The highest BCUT2D eigenvalue weighted by Gasteiger charge is 2.20. The monoisotopic (exact) mass is 314 g/mol. The highest BCUT2D eigenvalue weighted by atomic mass is 32.1. The molecule has 0 saturated carbocycles. The molecule has 2 amide bonds. The van der Waals surface area contributed by atoms with E-state index in [0.717, 1.165) is 16.9 Å². The lowest BCUT2D eigenvalue weighted by atomic mass is 10.3. The standard InChI is InChI=1S/C14H10N4O3S/c15-11(19)10-14(18-12(20)9-2-1-7-21-9)22-13(17-10)8-3-5-16-6-4-8/h1-7H,(H2,15,19)(H,18,20). The van der Waals surface area contributed by atoms with Crippen molar-refractivity contribution in [2.24, 2.45) is 5.73 Å². The van der Waals surface area contributed by atoms with E-state index in [1.54, 1.807) is 30.6 Å². The van der Waals surface area contributed by atoms with Crippen molar-refractivity contribution in [1.82, 2.24) is 9.97 Å². The second kappa shape index (κ2) is 5.78. The number of nitrogens with zero attached hydrogens (tertiary/aromatic N) is 2. The van der Waals surface area contributed by atoms with E-state index in [4.69, 9.17) is 10.2 Å². The summed E-state index contributed by atoms with van der Waals surface area (Å²) in [6.45, 7) is 0. The predicted molar refractivity (Wildman–Crippen MR) is 80.5 cm³/mol.